The van der Waals surface area contributed by atoms with Crippen molar-refractivity contribution in [2.24, 2.45) is 4.99 Å². The van der Waals surface area contributed by atoms with E-state index < -0.39 is 0 Å². The second kappa shape index (κ2) is 3.28. The van der Waals surface area contributed by atoms with Gasteiger partial charge in [-0.25, -0.2) is 9.98 Å². The molecule has 0 fully saturated rings. The molecule has 71 valence electrons. The molecule has 3 heteroatoms. The molecule has 0 bridgehead atoms. The minimum absolute atomic E-state index is 0.746. The Labute approximate surface area is 87.5 Å². The van der Waals surface area contributed by atoms with E-state index in [9.17, 15) is 0 Å². The summed E-state index contributed by atoms with van der Waals surface area (Å²) in [5, 5.41) is 0. The van der Waals surface area contributed by atoms with Gasteiger partial charge < -0.3 is 0 Å². The molecule has 0 N–H and O–H groups in total. The van der Waals surface area contributed by atoms with E-state index in [0.29, 0.717) is 0 Å². The van der Waals surface area contributed by atoms with Crippen LogP contribution in [0.2, 0.25) is 0 Å². The van der Waals surface area contributed by atoms with Gasteiger partial charge in [-0.15, -0.1) is 0 Å². The Balaban J connectivity index is 2.19. The Morgan fingerprint density at radius 1 is 1.00 bits per heavy atom. The fraction of sp³-hybridized carbons (Fsp3) is 0.0833. The van der Waals surface area contributed by atoms with E-state index in [1.165, 1.54) is 0 Å². The van der Waals surface area contributed by atoms with Crippen LogP contribution in [-0.4, -0.2) is 16.2 Å². The summed E-state index contributed by atoms with van der Waals surface area (Å²) < 4.78 is 0. The predicted octanol–water partition coefficient (Wildman–Crippen LogP) is 2.01. The molecule has 2 aromatic rings. The molecule has 1 aliphatic rings. The Morgan fingerprint density at radius 3 is 2.73 bits per heavy atom. The second-order valence-corrected chi connectivity index (χ2v) is 3.40. The van der Waals surface area contributed by atoms with Gasteiger partial charge in [-0.05, 0) is 17.7 Å². The second-order valence-electron chi connectivity index (χ2n) is 3.40. The third-order valence-electron chi connectivity index (χ3n) is 2.41. The summed E-state index contributed by atoms with van der Waals surface area (Å²) in [7, 11) is 0. The fourth-order valence-electron chi connectivity index (χ4n) is 1.66. The number of hydrogen-bond acceptors (Lipinski definition) is 3. The molecule has 1 aliphatic heterocycles. The van der Waals surface area contributed by atoms with Crippen molar-refractivity contribution in [1.82, 2.24) is 9.97 Å². The van der Waals surface area contributed by atoms with Crippen molar-refractivity contribution in [3.05, 3.63) is 53.5 Å². The lowest BCUT2D eigenvalue weighted by atomic mass is 10.1. The summed E-state index contributed by atoms with van der Waals surface area (Å²) in [6.45, 7) is 0. The van der Waals surface area contributed by atoms with Gasteiger partial charge in [-0.3, -0.25) is 4.98 Å². The van der Waals surface area contributed by atoms with Crippen LogP contribution in [-0.2, 0) is 6.42 Å². The van der Waals surface area contributed by atoms with E-state index in [4.69, 9.17) is 0 Å². The number of fused-ring (bicyclic) bond motifs is 2. The van der Waals surface area contributed by atoms with Crippen LogP contribution in [0.25, 0.3) is 0 Å². The van der Waals surface area contributed by atoms with E-state index in [-0.39, 0.29) is 0 Å². The molecule has 0 aromatic carbocycles. The van der Waals surface area contributed by atoms with Gasteiger partial charge in [0, 0.05) is 24.4 Å². The van der Waals surface area contributed by atoms with E-state index in [1.54, 1.807) is 12.4 Å². The Morgan fingerprint density at radius 2 is 1.80 bits per heavy atom. The zero-order valence-electron chi connectivity index (χ0n) is 8.01. The average molecular weight is 194 g/mol. The van der Waals surface area contributed by atoms with E-state index >= 15 is 0 Å². The van der Waals surface area contributed by atoms with Crippen molar-refractivity contribution in [2.75, 3.05) is 0 Å². The van der Waals surface area contributed by atoms with Crippen LogP contribution >= 0.6 is 0 Å². The summed E-state index contributed by atoms with van der Waals surface area (Å²) in [5.74, 6) is 0.746. The first-order chi connectivity index (χ1) is 7.43. The van der Waals surface area contributed by atoms with Gasteiger partial charge in [-0.1, -0.05) is 12.1 Å². The zero-order chi connectivity index (χ0) is 10.1. The lowest BCUT2D eigenvalue weighted by Crippen LogP contribution is -1.94. The maximum absolute atomic E-state index is 4.23. The molecule has 2 aromatic heterocycles. The monoisotopic (exact) mass is 194 g/mol. The normalized spacial score (nSPS) is 12.8. The molecule has 0 amide bonds. The molecule has 0 spiro atoms. The Bertz CT molecular complexity index is 484. The van der Waals surface area contributed by atoms with Crippen molar-refractivity contribution in [1.29, 1.82) is 0 Å². The molecule has 15 heavy (non-hydrogen) atoms. The maximum Gasteiger partial charge on any atom is 0.156 e. The molecule has 0 saturated carbocycles. The number of pyridine rings is 2. The van der Waals surface area contributed by atoms with Crippen LogP contribution in [0.15, 0.2) is 41.7 Å². The molecule has 0 atom stereocenters. The van der Waals surface area contributed by atoms with Gasteiger partial charge in [-0.2, -0.15) is 0 Å². The Hall–Kier alpha value is -2.03. The van der Waals surface area contributed by atoms with Crippen molar-refractivity contribution in [2.45, 2.75) is 6.42 Å². The van der Waals surface area contributed by atoms with Gasteiger partial charge in [0.15, 0.2) is 5.82 Å². The van der Waals surface area contributed by atoms with E-state index in [1.807, 2.05) is 24.3 Å². The average Bonchev–Trinajstić information content (AvgIpc) is 2.48. The van der Waals surface area contributed by atoms with Gasteiger partial charge in [0.2, 0.25) is 0 Å². The topological polar surface area (TPSA) is 38.1 Å². The fourth-order valence-corrected chi connectivity index (χ4v) is 1.66. The highest BCUT2D eigenvalue weighted by Crippen LogP contribution is 2.22. The third-order valence-corrected chi connectivity index (χ3v) is 2.41. The largest absolute Gasteiger partial charge is 0.254 e. The van der Waals surface area contributed by atoms with Gasteiger partial charge in [0.05, 0.1) is 5.69 Å². The van der Waals surface area contributed by atoms with E-state index in [2.05, 4.69) is 21.2 Å². The lowest BCUT2D eigenvalue weighted by molar-refractivity contribution is 1.12. The molecule has 1 radical (unpaired) electrons. The van der Waals surface area contributed by atoms with Crippen LogP contribution < -0.4 is 0 Å². The number of hydrogen-bond donors (Lipinski definition) is 0. The SMILES string of the molecule is [C]1=Nc2ncccc2Cc2cccnc21. The van der Waals surface area contributed by atoms with E-state index in [0.717, 1.165) is 29.1 Å². The zero-order valence-corrected chi connectivity index (χ0v) is 8.01. The lowest BCUT2D eigenvalue weighted by Gasteiger charge is -2.02. The summed E-state index contributed by atoms with van der Waals surface area (Å²) in [6.07, 6.45) is 7.25. The molecular weight excluding hydrogens is 186 g/mol. The summed E-state index contributed by atoms with van der Waals surface area (Å²) in [6, 6.07) is 7.94. The van der Waals surface area contributed by atoms with Crippen LogP contribution in [0, 0.1) is 0 Å². The van der Waals surface area contributed by atoms with Crippen LogP contribution in [0.3, 0.4) is 0 Å². The number of aromatic nitrogens is 2. The minimum Gasteiger partial charge on any atom is -0.254 e. The molecular formula is C12H8N3. The molecule has 3 rings (SSSR count). The van der Waals surface area contributed by atoms with Crippen molar-refractivity contribution in [3.8, 4) is 0 Å². The molecule has 3 heterocycles. The summed E-state index contributed by atoms with van der Waals surface area (Å²) in [5.41, 5.74) is 3.08. The van der Waals surface area contributed by atoms with Gasteiger partial charge >= 0.3 is 0 Å². The first-order valence-corrected chi connectivity index (χ1v) is 4.78. The van der Waals surface area contributed by atoms with Crippen molar-refractivity contribution < 1.29 is 0 Å². The van der Waals surface area contributed by atoms with Gasteiger partial charge in [0.1, 0.15) is 6.21 Å². The highest BCUT2D eigenvalue weighted by atomic mass is 14.9. The number of aliphatic imine (C=N–C) groups is 1. The third kappa shape index (κ3) is 1.42. The van der Waals surface area contributed by atoms with Crippen LogP contribution in [0.4, 0.5) is 5.82 Å². The highest BCUT2D eigenvalue weighted by Gasteiger charge is 2.10. The predicted molar refractivity (Wildman–Crippen MR) is 57.5 cm³/mol. The van der Waals surface area contributed by atoms with Gasteiger partial charge in [0.25, 0.3) is 0 Å². The van der Waals surface area contributed by atoms with Crippen molar-refractivity contribution in [3.63, 3.8) is 0 Å². The van der Waals surface area contributed by atoms with Crippen LogP contribution in [0.1, 0.15) is 16.8 Å². The minimum atomic E-state index is 0.746. The standard InChI is InChI=1S/C12H8N3/c1-3-9-7-10-4-2-6-14-12(10)15-8-11(9)13-5-1/h1-6H,7H2. The maximum atomic E-state index is 4.23. The smallest absolute Gasteiger partial charge is 0.156 e. The highest BCUT2D eigenvalue weighted by molar-refractivity contribution is 5.82. The first kappa shape index (κ1) is 8.29. The van der Waals surface area contributed by atoms with Crippen molar-refractivity contribution >= 4 is 12.0 Å². The first-order valence-electron chi connectivity index (χ1n) is 4.78. The quantitative estimate of drug-likeness (QED) is 0.549. The molecule has 0 aliphatic carbocycles. The van der Waals surface area contributed by atoms with Crippen LogP contribution in [0.5, 0.6) is 0 Å². The number of nitrogens with zero attached hydrogens (tertiary/aromatic N) is 3. The summed E-state index contributed by atoms with van der Waals surface area (Å²) in [4.78, 5) is 12.6. The molecule has 0 saturated heterocycles. The Kier molecular flexibility index (Phi) is 1.81. The summed E-state index contributed by atoms with van der Waals surface area (Å²) >= 11 is 0. The number of rotatable bonds is 0. The molecule has 0 unspecified atom stereocenters. The molecule has 3 nitrogen and oxygen atoms in total.